The summed E-state index contributed by atoms with van der Waals surface area (Å²) >= 11 is 0. The Balaban J connectivity index is 1.92. The number of nitro benzene ring substituents is 1. The first-order valence-electron chi connectivity index (χ1n) is 6.99. The molecule has 2 rings (SSSR count). The van der Waals surface area contributed by atoms with Crippen molar-refractivity contribution in [2.24, 2.45) is 0 Å². The van der Waals surface area contributed by atoms with Crippen molar-refractivity contribution < 1.29 is 14.1 Å². The summed E-state index contributed by atoms with van der Waals surface area (Å²) < 4.78 is 13.2. The average Bonchev–Trinajstić information content (AvgIpc) is 2.54. The van der Waals surface area contributed by atoms with E-state index in [1.165, 1.54) is 6.07 Å². The van der Waals surface area contributed by atoms with Gasteiger partial charge in [0.15, 0.2) is 0 Å². The summed E-state index contributed by atoms with van der Waals surface area (Å²) in [5.41, 5.74) is 0.645. The van der Waals surface area contributed by atoms with Gasteiger partial charge in [0, 0.05) is 11.8 Å². The number of amides is 1. The fraction of sp³-hybridized carbons (Fsp3) is 0.188. The van der Waals surface area contributed by atoms with Crippen molar-refractivity contribution in [2.45, 2.75) is 13.0 Å². The molecule has 2 aromatic rings. The predicted molar refractivity (Wildman–Crippen MR) is 84.5 cm³/mol. The minimum Gasteiger partial charge on any atom is -0.376 e. The van der Waals surface area contributed by atoms with E-state index in [-0.39, 0.29) is 18.5 Å². The van der Waals surface area contributed by atoms with Gasteiger partial charge >= 0.3 is 5.69 Å². The Bertz CT molecular complexity index is 707. The molecule has 0 saturated carbocycles. The minimum absolute atomic E-state index is 0.0695. The van der Waals surface area contributed by atoms with E-state index in [0.29, 0.717) is 5.69 Å². The molecule has 1 atom stereocenters. The van der Waals surface area contributed by atoms with Gasteiger partial charge in [0.25, 0.3) is 0 Å². The molecule has 7 heteroatoms. The van der Waals surface area contributed by atoms with Crippen LogP contribution in [0.3, 0.4) is 0 Å². The van der Waals surface area contributed by atoms with Gasteiger partial charge in [-0.1, -0.05) is 30.3 Å². The van der Waals surface area contributed by atoms with Gasteiger partial charge in [-0.05, 0) is 24.6 Å². The van der Waals surface area contributed by atoms with E-state index in [1.54, 1.807) is 0 Å². The fourth-order valence-corrected chi connectivity index (χ4v) is 2.06. The van der Waals surface area contributed by atoms with Crippen molar-refractivity contribution in [1.29, 1.82) is 0 Å². The molecular formula is C16H16FN3O3. The second-order valence-corrected chi connectivity index (χ2v) is 4.98. The molecule has 0 fully saturated rings. The molecule has 2 aromatic carbocycles. The topological polar surface area (TPSA) is 84.3 Å². The molecule has 120 valence electrons. The standard InChI is InChI=1S/C16H16FN3O3/c1-11(12-5-3-2-4-6-12)19-16(21)10-18-13-7-8-14(17)15(9-13)20(22)23/h2-9,11,18H,10H2,1H3,(H,19,21)/t11-/m0/s1. The van der Waals surface area contributed by atoms with Gasteiger partial charge < -0.3 is 10.6 Å². The lowest BCUT2D eigenvalue weighted by Gasteiger charge is -2.15. The van der Waals surface area contributed by atoms with E-state index in [4.69, 9.17) is 0 Å². The number of carbonyl (C=O) groups is 1. The van der Waals surface area contributed by atoms with Gasteiger partial charge in [-0.15, -0.1) is 0 Å². The molecule has 6 nitrogen and oxygen atoms in total. The molecule has 0 saturated heterocycles. The maximum atomic E-state index is 13.2. The zero-order chi connectivity index (χ0) is 16.8. The zero-order valence-corrected chi connectivity index (χ0v) is 12.5. The number of hydrogen-bond acceptors (Lipinski definition) is 4. The Kier molecular flexibility index (Phi) is 5.24. The Morgan fingerprint density at radius 1 is 1.26 bits per heavy atom. The van der Waals surface area contributed by atoms with Crippen LogP contribution in [0.1, 0.15) is 18.5 Å². The SMILES string of the molecule is C[C@H](NC(=O)CNc1ccc(F)c([N+](=O)[O-])c1)c1ccccc1. The van der Waals surface area contributed by atoms with Crippen molar-refractivity contribution in [2.75, 3.05) is 11.9 Å². The van der Waals surface area contributed by atoms with Crippen molar-refractivity contribution in [3.05, 3.63) is 70.0 Å². The number of halogens is 1. The van der Waals surface area contributed by atoms with E-state index in [2.05, 4.69) is 10.6 Å². The maximum Gasteiger partial charge on any atom is 0.306 e. The number of nitro groups is 1. The van der Waals surface area contributed by atoms with Crippen molar-refractivity contribution >= 4 is 17.3 Å². The van der Waals surface area contributed by atoms with Crippen LogP contribution >= 0.6 is 0 Å². The lowest BCUT2D eigenvalue weighted by Crippen LogP contribution is -2.32. The largest absolute Gasteiger partial charge is 0.376 e. The minimum atomic E-state index is -0.914. The van der Waals surface area contributed by atoms with Crippen LogP contribution in [0.15, 0.2) is 48.5 Å². The second kappa shape index (κ2) is 7.35. The lowest BCUT2D eigenvalue weighted by atomic mass is 10.1. The van der Waals surface area contributed by atoms with Gasteiger partial charge in [-0.3, -0.25) is 14.9 Å². The predicted octanol–water partition coefficient (Wildman–Crippen LogP) is 3.02. The van der Waals surface area contributed by atoms with Crippen LogP contribution in [0.4, 0.5) is 15.8 Å². The summed E-state index contributed by atoms with van der Waals surface area (Å²) in [4.78, 5) is 21.8. The fourth-order valence-electron chi connectivity index (χ4n) is 2.06. The van der Waals surface area contributed by atoms with Crippen LogP contribution in [-0.4, -0.2) is 17.4 Å². The Labute approximate surface area is 132 Å². The Hall–Kier alpha value is -2.96. The first kappa shape index (κ1) is 16.4. The molecule has 0 spiro atoms. The van der Waals surface area contributed by atoms with Crippen LogP contribution < -0.4 is 10.6 Å². The van der Waals surface area contributed by atoms with Gasteiger partial charge in [-0.2, -0.15) is 4.39 Å². The normalized spacial score (nSPS) is 11.6. The van der Waals surface area contributed by atoms with Crippen LogP contribution in [0.2, 0.25) is 0 Å². The molecule has 0 bridgehead atoms. The van der Waals surface area contributed by atoms with Crippen LogP contribution in [0, 0.1) is 15.9 Å². The van der Waals surface area contributed by atoms with E-state index < -0.39 is 16.4 Å². The maximum absolute atomic E-state index is 13.2. The monoisotopic (exact) mass is 317 g/mol. The van der Waals surface area contributed by atoms with Gasteiger partial charge in [-0.25, -0.2) is 0 Å². The first-order valence-corrected chi connectivity index (χ1v) is 6.99. The number of carbonyl (C=O) groups excluding carboxylic acids is 1. The summed E-state index contributed by atoms with van der Waals surface area (Å²) in [5.74, 6) is -1.18. The van der Waals surface area contributed by atoms with Gasteiger partial charge in [0.1, 0.15) is 0 Å². The number of nitrogens with zero attached hydrogens (tertiary/aromatic N) is 1. The molecule has 1 amide bonds. The number of nitrogens with one attached hydrogen (secondary N) is 2. The smallest absolute Gasteiger partial charge is 0.306 e. The number of benzene rings is 2. The molecule has 0 radical (unpaired) electrons. The van der Waals surface area contributed by atoms with Gasteiger partial charge in [0.2, 0.25) is 11.7 Å². The van der Waals surface area contributed by atoms with Crippen molar-refractivity contribution in [1.82, 2.24) is 5.32 Å². The number of anilines is 1. The van der Waals surface area contributed by atoms with E-state index in [0.717, 1.165) is 17.7 Å². The summed E-state index contributed by atoms with van der Waals surface area (Å²) in [6.45, 7) is 1.79. The molecule has 0 aliphatic rings. The van der Waals surface area contributed by atoms with Gasteiger partial charge in [0.05, 0.1) is 17.5 Å². The molecule has 23 heavy (non-hydrogen) atoms. The number of rotatable bonds is 6. The number of hydrogen-bond donors (Lipinski definition) is 2. The highest BCUT2D eigenvalue weighted by Gasteiger charge is 2.15. The van der Waals surface area contributed by atoms with Crippen LogP contribution in [0.25, 0.3) is 0 Å². The van der Waals surface area contributed by atoms with Crippen LogP contribution in [-0.2, 0) is 4.79 Å². The molecule has 0 aromatic heterocycles. The second-order valence-electron chi connectivity index (χ2n) is 4.98. The van der Waals surface area contributed by atoms with Crippen molar-refractivity contribution in [3.8, 4) is 0 Å². The first-order chi connectivity index (χ1) is 11.0. The third-order valence-corrected chi connectivity index (χ3v) is 3.27. The zero-order valence-electron chi connectivity index (χ0n) is 12.5. The average molecular weight is 317 g/mol. The quantitative estimate of drug-likeness (QED) is 0.633. The molecule has 2 N–H and O–H groups in total. The van der Waals surface area contributed by atoms with E-state index >= 15 is 0 Å². The van der Waals surface area contributed by atoms with Crippen LogP contribution in [0.5, 0.6) is 0 Å². The summed E-state index contributed by atoms with van der Waals surface area (Å²) in [7, 11) is 0. The highest BCUT2D eigenvalue weighted by molar-refractivity contribution is 5.81. The summed E-state index contributed by atoms with van der Waals surface area (Å²) in [5, 5.41) is 16.2. The molecule has 0 unspecified atom stereocenters. The van der Waals surface area contributed by atoms with E-state index in [9.17, 15) is 19.3 Å². The lowest BCUT2D eigenvalue weighted by molar-refractivity contribution is -0.387. The molecule has 0 aliphatic heterocycles. The molecule has 0 heterocycles. The Morgan fingerprint density at radius 3 is 2.61 bits per heavy atom. The highest BCUT2D eigenvalue weighted by Crippen LogP contribution is 2.21. The highest BCUT2D eigenvalue weighted by atomic mass is 19.1. The Morgan fingerprint density at radius 2 is 1.96 bits per heavy atom. The third kappa shape index (κ3) is 4.50. The van der Waals surface area contributed by atoms with Crippen molar-refractivity contribution in [3.63, 3.8) is 0 Å². The summed E-state index contributed by atoms with van der Waals surface area (Å²) in [6, 6.07) is 12.7. The third-order valence-electron chi connectivity index (χ3n) is 3.27. The molecule has 0 aliphatic carbocycles. The van der Waals surface area contributed by atoms with E-state index in [1.807, 2.05) is 37.3 Å². The molecular weight excluding hydrogens is 301 g/mol. The summed E-state index contributed by atoms with van der Waals surface area (Å²) in [6.07, 6.45) is 0.